The maximum Gasteiger partial charge on any atom is 0.332 e. The number of hydrogen-bond donors (Lipinski definition) is 1. The van der Waals surface area contributed by atoms with Gasteiger partial charge in [0.1, 0.15) is 6.10 Å². The number of carbonyl (C=O) groups is 1. The molecule has 1 saturated carbocycles. The molecule has 1 aliphatic heterocycles. The Bertz CT molecular complexity index is 427. The topological polar surface area (TPSA) is 85.5 Å². The van der Waals surface area contributed by atoms with Gasteiger partial charge in [-0.15, -0.1) is 0 Å². The maximum absolute atomic E-state index is 10.8. The number of aliphatic carboxylic acids is 1. The third-order valence-electron chi connectivity index (χ3n) is 3.50. The molecule has 1 saturated heterocycles. The van der Waals surface area contributed by atoms with Crippen molar-refractivity contribution in [3.63, 3.8) is 0 Å². The van der Waals surface area contributed by atoms with E-state index in [2.05, 4.69) is 10.1 Å². The van der Waals surface area contributed by atoms with E-state index < -0.39 is 12.1 Å². The lowest BCUT2D eigenvalue weighted by Gasteiger charge is -2.21. The van der Waals surface area contributed by atoms with Gasteiger partial charge >= 0.3 is 5.97 Å². The largest absolute Gasteiger partial charge is 0.479 e. The maximum atomic E-state index is 10.8. The van der Waals surface area contributed by atoms with Crippen molar-refractivity contribution in [3.8, 4) is 0 Å². The molecular weight excluding hydrogens is 224 g/mol. The van der Waals surface area contributed by atoms with E-state index in [0.717, 1.165) is 18.7 Å². The summed E-state index contributed by atoms with van der Waals surface area (Å²) >= 11 is 0. The Morgan fingerprint density at radius 3 is 2.71 bits per heavy atom. The zero-order chi connectivity index (χ0) is 11.8. The van der Waals surface area contributed by atoms with Crippen LogP contribution in [0.3, 0.4) is 0 Å². The van der Waals surface area contributed by atoms with Crippen molar-refractivity contribution in [2.45, 2.75) is 50.2 Å². The van der Waals surface area contributed by atoms with E-state index in [1.54, 1.807) is 0 Å². The smallest absolute Gasteiger partial charge is 0.332 e. The first-order chi connectivity index (χ1) is 8.24. The average molecular weight is 238 g/mol. The predicted molar refractivity (Wildman–Crippen MR) is 55.4 cm³/mol. The van der Waals surface area contributed by atoms with Crippen LogP contribution >= 0.6 is 0 Å². The quantitative estimate of drug-likeness (QED) is 0.861. The standard InChI is InChI=1S/C11H14N2O4/c14-11(15)8-5-4-7(16-8)10-12-9(13-17-10)6-2-1-3-6/h6-8H,1-5H2,(H,14,15). The highest BCUT2D eigenvalue weighted by Crippen LogP contribution is 2.37. The minimum Gasteiger partial charge on any atom is -0.479 e. The summed E-state index contributed by atoms with van der Waals surface area (Å²) in [7, 11) is 0. The normalized spacial score (nSPS) is 29.2. The lowest BCUT2D eigenvalue weighted by molar-refractivity contribution is -0.150. The zero-order valence-corrected chi connectivity index (χ0v) is 9.33. The van der Waals surface area contributed by atoms with E-state index >= 15 is 0 Å². The van der Waals surface area contributed by atoms with Gasteiger partial charge in [0.05, 0.1) is 0 Å². The number of nitrogens with zero attached hydrogens (tertiary/aromatic N) is 2. The van der Waals surface area contributed by atoms with Crippen LogP contribution in [0.15, 0.2) is 4.52 Å². The van der Waals surface area contributed by atoms with Gasteiger partial charge in [0, 0.05) is 5.92 Å². The molecule has 0 spiro atoms. The molecule has 2 heterocycles. The van der Waals surface area contributed by atoms with E-state index in [9.17, 15) is 4.79 Å². The minimum absolute atomic E-state index is 0.350. The molecule has 6 heteroatoms. The average Bonchev–Trinajstić information content (AvgIpc) is 2.80. The molecule has 3 rings (SSSR count). The fourth-order valence-corrected chi connectivity index (χ4v) is 2.21. The van der Waals surface area contributed by atoms with Crippen molar-refractivity contribution >= 4 is 5.97 Å². The second kappa shape index (κ2) is 4.10. The van der Waals surface area contributed by atoms with Crippen LogP contribution in [0, 0.1) is 0 Å². The third-order valence-corrected chi connectivity index (χ3v) is 3.50. The van der Waals surface area contributed by atoms with Crippen LogP contribution in [0.5, 0.6) is 0 Å². The Hall–Kier alpha value is -1.43. The summed E-state index contributed by atoms with van der Waals surface area (Å²) in [4.78, 5) is 15.1. The highest BCUT2D eigenvalue weighted by Gasteiger charge is 2.35. The van der Waals surface area contributed by atoms with Crippen LogP contribution in [0.25, 0.3) is 0 Å². The third kappa shape index (κ3) is 1.93. The molecular formula is C11H14N2O4. The van der Waals surface area contributed by atoms with Gasteiger partial charge in [0.2, 0.25) is 0 Å². The van der Waals surface area contributed by atoms with E-state index in [1.165, 1.54) is 6.42 Å². The van der Waals surface area contributed by atoms with E-state index in [-0.39, 0.29) is 6.10 Å². The number of carboxylic acid groups (broad SMARTS) is 1. The van der Waals surface area contributed by atoms with Crippen molar-refractivity contribution in [3.05, 3.63) is 11.7 Å². The number of rotatable bonds is 3. The molecule has 2 atom stereocenters. The first kappa shape index (κ1) is 10.7. The highest BCUT2D eigenvalue weighted by atomic mass is 16.5. The van der Waals surface area contributed by atoms with Gasteiger partial charge < -0.3 is 14.4 Å². The molecule has 2 aliphatic rings. The Morgan fingerprint density at radius 1 is 1.29 bits per heavy atom. The van der Waals surface area contributed by atoms with Gasteiger partial charge in [-0.2, -0.15) is 4.98 Å². The van der Waals surface area contributed by atoms with Gasteiger partial charge in [-0.1, -0.05) is 11.6 Å². The second-order valence-corrected chi connectivity index (χ2v) is 4.65. The lowest BCUT2D eigenvalue weighted by Crippen LogP contribution is -2.18. The second-order valence-electron chi connectivity index (χ2n) is 4.65. The molecule has 92 valence electrons. The minimum atomic E-state index is -0.925. The first-order valence-corrected chi connectivity index (χ1v) is 5.96. The van der Waals surface area contributed by atoms with E-state index in [0.29, 0.717) is 24.7 Å². The Morgan fingerprint density at radius 2 is 2.12 bits per heavy atom. The summed E-state index contributed by atoms with van der Waals surface area (Å²) in [5.74, 6) is 0.666. The van der Waals surface area contributed by atoms with Gasteiger partial charge in [0.15, 0.2) is 11.9 Å². The molecule has 0 aromatic carbocycles. The van der Waals surface area contributed by atoms with Crippen molar-refractivity contribution in [1.29, 1.82) is 0 Å². The fraction of sp³-hybridized carbons (Fsp3) is 0.727. The molecule has 2 unspecified atom stereocenters. The lowest BCUT2D eigenvalue weighted by atomic mass is 9.85. The van der Waals surface area contributed by atoms with Crippen LogP contribution in [-0.4, -0.2) is 27.3 Å². The monoisotopic (exact) mass is 238 g/mol. The molecule has 0 bridgehead atoms. The molecule has 6 nitrogen and oxygen atoms in total. The molecule has 0 radical (unpaired) electrons. The van der Waals surface area contributed by atoms with Gasteiger partial charge in [-0.3, -0.25) is 0 Å². The van der Waals surface area contributed by atoms with E-state index in [4.69, 9.17) is 14.4 Å². The highest BCUT2D eigenvalue weighted by molar-refractivity contribution is 5.72. The fourth-order valence-electron chi connectivity index (χ4n) is 2.21. The molecule has 1 aromatic heterocycles. The SMILES string of the molecule is O=C(O)C1CCC(c2nc(C3CCC3)no2)O1. The van der Waals surface area contributed by atoms with Gasteiger partial charge in [-0.05, 0) is 25.7 Å². The zero-order valence-electron chi connectivity index (χ0n) is 9.33. The Balaban J connectivity index is 1.68. The number of aromatic nitrogens is 2. The van der Waals surface area contributed by atoms with Crippen LogP contribution in [0.2, 0.25) is 0 Å². The predicted octanol–water partition coefficient (Wildman–Crippen LogP) is 1.64. The summed E-state index contributed by atoms with van der Waals surface area (Å²) in [6.45, 7) is 0. The molecule has 17 heavy (non-hydrogen) atoms. The summed E-state index contributed by atoms with van der Waals surface area (Å²) in [5, 5.41) is 12.8. The van der Waals surface area contributed by atoms with Crippen molar-refractivity contribution in [2.24, 2.45) is 0 Å². The summed E-state index contributed by atoms with van der Waals surface area (Å²) in [6.07, 6.45) is 3.49. The van der Waals surface area contributed by atoms with Crippen LogP contribution in [0.1, 0.15) is 55.8 Å². The van der Waals surface area contributed by atoms with Gasteiger partial charge in [0.25, 0.3) is 5.89 Å². The summed E-state index contributed by atoms with van der Waals surface area (Å²) < 4.78 is 10.5. The van der Waals surface area contributed by atoms with Crippen LogP contribution in [0.4, 0.5) is 0 Å². The van der Waals surface area contributed by atoms with Crippen molar-refractivity contribution in [1.82, 2.24) is 10.1 Å². The Labute approximate surface area is 98.0 Å². The van der Waals surface area contributed by atoms with E-state index in [1.807, 2.05) is 0 Å². The molecule has 1 N–H and O–H groups in total. The van der Waals surface area contributed by atoms with Gasteiger partial charge in [-0.25, -0.2) is 4.79 Å². The number of hydrogen-bond acceptors (Lipinski definition) is 5. The van der Waals surface area contributed by atoms with Crippen LogP contribution < -0.4 is 0 Å². The molecule has 1 aliphatic carbocycles. The molecule has 0 amide bonds. The first-order valence-electron chi connectivity index (χ1n) is 5.96. The van der Waals surface area contributed by atoms with Crippen molar-refractivity contribution < 1.29 is 19.2 Å². The number of carboxylic acids is 1. The summed E-state index contributed by atoms with van der Waals surface area (Å²) in [6, 6.07) is 0. The van der Waals surface area contributed by atoms with Crippen molar-refractivity contribution in [2.75, 3.05) is 0 Å². The molecule has 1 aromatic rings. The number of ether oxygens (including phenoxy) is 1. The summed E-state index contributed by atoms with van der Waals surface area (Å²) in [5.41, 5.74) is 0. The Kier molecular flexibility index (Phi) is 2.58. The van der Waals surface area contributed by atoms with Crippen LogP contribution in [-0.2, 0) is 9.53 Å². The molecule has 2 fully saturated rings.